The molecule has 0 spiro atoms. The molecule has 0 heterocycles. The second kappa shape index (κ2) is 3.85. The Morgan fingerprint density at radius 3 is 2.31 bits per heavy atom. The van der Waals surface area contributed by atoms with E-state index in [2.05, 4.69) is 0 Å². The second-order valence-corrected chi connectivity index (χ2v) is 3.95. The first-order valence-electron chi connectivity index (χ1n) is 5.10. The summed E-state index contributed by atoms with van der Waals surface area (Å²) in [4.78, 5) is 13.5. The number of anilines is 1. The molecule has 0 bridgehead atoms. The Hall–Kier alpha value is -2.03. The van der Waals surface area contributed by atoms with Crippen molar-refractivity contribution in [3.8, 4) is 0 Å². The standard InChI is InChI=1S/C13H14N2O/c1-15(2)13(16)11-7-8-12(14)10-6-4-3-5-9(10)11/h3-8H,14H2,1-2H3. The van der Waals surface area contributed by atoms with Gasteiger partial charge in [-0.25, -0.2) is 0 Å². The molecule has 1 amide bonds. The fraction of sp³-hybridized carbons (Fsp3) is 0.154. The van der Waals surface area contributed by atoms with Gasteiger partial charge in [0.25, 0.3) is 5.91 Å². The smallest absolute Gasteiger partial charge is 0.253 e. The zero-order valence-corrected chi connectivity index (χ0v) is 9.40. The Balaban J connectivity index is 2.72. The van der Waals surface area contributed by atoms with Gasteiger partial charge in [0.05, 0.1) is 0 Å². The lowest BCUT2D eigenvalue weighted by molar-refractivity contribution is 0.0829. The maximum Gasteiger partial charge on any atom is 0.253 e. The summed E-state index contributed by atoms with van der Waals surface area (Å²) >= 11 is 0. The van der Waals surface area contributed by atoms with Crippen LogP contribution in [0.5, 0.6) is 0 Å². The molecule has 16 heavy (non-hydrogen) atoms. The average molecular weight is 214 g/mol. The Labute approximate surface area is 94.5 Å². The zero-order chi connectivity index (χ0) is 11.7. The number of hydrogen-bond acceptors (Lipinski definition) is 2. The molecule has 3 nitrogen and oxygen atoms in total. The largest absolute Gasteiger partial charge is 0.398 e. The van der Waals surface area contributed by atoms with E-state index in [4.69, 9.17) is 5.73 Å². The third kappa shape index (κ3) is 1.60. The first kappa shape index (κ1) is 10.5. The van der Waals surface area contributed by atoms with Crippen LogP contribution in [0.2, 0.25) is 0 Å². The number of nitrogens with two attached hydrogens (primary N) is 1. The van der Waals surface area contributed by atoms with Crippen molar-refractivity contribution in [2.75, 3.05) is 19.8 Å². The number of carbonyl (C=O) groups excluding carboxylic acids is 1. The van der Waals surface area contributed by atoms with Gasteiger partial charge in [0, 0.05) is 30.7 Å². The number of rotatable bonds is 1. The number of nitrogen functional groups attached to an aromatic ring is 1. The molecular formula is C13H14N2O. The van der Waals surface area contributed by atoms with E-state index >= 15 is 0 Å². The fourth-order valence-electron chi connectivity index (χ4n) is 1.75. The highest BCUT2D eigenvalue weighted by molar-refractivity contribution is 6.09. The van der Waals surface area contributed by atoms with Gasteiger partial charge in [0.15, 0.2) is 0 Å². The molecule has 82 valence electrons. The minimum absolute atomic E-state index is 0.00352. The minimum atomic E-state index is -0.00352. The number of carbonyl (C=O) groups is 1. The predicted molar refractivity (Wildman–Crippen MR) is 66.4 cm³/mol. The van der Waals surface area contributed by atoms with Crippen molar-refractivity contribution in [3.63, 3.8) is 0 Å². The van der Waals surface area contributed by atoms with E-state index in [-0.39, 0.29) is 5.91 Å². The first-order chi connectivity index (χ1) is 7.61. The van der Waals surface area contributed by atoms with Crippen molar-refractivity contribution in [1.82, 2.24) is 4.90 Å². The van der Waals surface area contributed by atoms with Gasteiger partial charge in [-0.2, -0.15) is 0 Å². The highest BCUT2D eigenvalue weighted by Gasteiger charge is 2.12. The molecule has 0 aliphatic heterocycles. The van der Waals surface area contributed by atoms with E-state index in [9.17, 15) is 4.79 Å². The van der Waals surface area contributed by atoms with E-state index in [0.717, 1.165) is 10.8 Å². The molecule has 0 aliphatic rings. The van der Waals surface area contributed by atoms with Gasteiger partial charge in [0.1, 0.15) is 0 Å². The molecule has 0 unspecified atom stereocenters. The van der Waals surface area contributed by atoms with Crippen LogP contribution in [0.1, 0.15) is 10.4 Å². The maximum absolute atomic E-state index is 12.0. The molecule has 2 aromatic rings. The second-order valence-electron chi connectivity index (χ2n) is 3.95. The van der Waals surface area contributed by atoms with Crippen LogP contribution in [0.25, 0.3) is 10.8 Å². The van der Waals surface area contributed by atoms with Crippen molar-refractivity contribution < 1.29 is 4.79 Å². The van der Waals surface area contributed by atoms with Crippen LogP contribution < -0.4 is 5.73 Å². The van der Waals surface area contributed by atoms with Crippen LogP contribution in [-0.4, -0.2) is 24.9 Å². The number of benzene rings is 2. The fourth-order valence-corrected chi connectivity index (χ4v) is 1.75. The summed E-state index contributed by atoms with van der Waals surface area (Å²) in [6.45, 7) is 0. The topological polar surface area (TPSA) is 46.3 Å². The molecular weight excluding hydrogens is 200 g/mol. The maximum atomic E-state index is 12.0. The molecule has 0 atom stereocenters. The highest BCUT2D eigenvalue weighted by atomic mass is 16.2. The third-order valence-electron chi connectivity index (χ3n) is 2.59. The van der Waals surface area contributed by atoms with Gasteiger partial charge in [-0.05, 0) is 17.5 Å². The van der Waals surface area contributed by atoms with Crippen LogP contribution in [-0.2, 0) is 0 Å². The summed E-state index contributed by atoms with van der Waals surface area (Å²) in [6, 6.07) is 11.2. The normalized spacial score (nSPS) is 10.4. The first-order valence-corrected chi connectivity index (χ1v) is 5.10. The SMILES string of the molecule is CN(C)C(=O)c1ccc(N)c2ccccc12. The van der Waals surface area contributed by atoms with Crippen LogP contribution in [0.3, 0.4) is 0 Å². The van der Waals surface area contributed by atoms with Crippen molar-refractivity contribution in [1.29, 1.82) is 0 Å². The van der Waals surface area contributed by atoms with E-state index in [1.807, 2.05) is 24.3 Å². The number of hydrogen-bond donors (Lipinski definition) is 1. The molecule has 2 N–H and O–H groups in total. The molecule has 0 saturated carbocycles. The summed E-state index contributed by atoms with van der Waals surface area (Å²) in [6.07, 6.45) is 0. The molecule has 0 radical (unpaired) electrons. The molecule has 0 aromatic heterocycles. The Bertz CT molecular complexity index is 547. The van der Waals surface area contributed by atoms with Gasteiger partial charge >= 0.3 is 0 Å². The van der Waals surface area contributed by atoms with E-state index in [1.165, 1.54) is 0 Å². The summed E-state index contributed by atoms with van der Waals surface area (Å²) in [7, 11) is 3.49. The average Bonchev–Trinajstić information content (AvgIpc) is 2.29. The summed E-state index contributed by atoms with van der Waals surface area (Å²) < 4.78 is 0. The van der Waals surface area contributed by atoms with Crippen LogP contribution >= 0.6 is 0 Å². The minimum Gasteiger partial charge on any atom is -0.398 e. The molecule has 2 rings (SSSR count). The van der Waals surface area contributed by atoms with Crippen LogP contribution in [0.15, 0.2) is 36.4 Å². The van der Waals surface area contributed by atoms with Gasteiger partial charge in [-0.1, -0.05) is 24.3 Å². The van der Waals surface area contributed by atoms with Crippen molar-refractivity contribution in [2.24, 2.45) is 0 Å². The van der Waals surface area contributed by atoms with E-state index < -0.39 is 0 Å². The number of amides is 1. The van der Waals surface area contributed by atoms with E-state index in [1.54, 1.807) is 31.1 Å². The third-order valence-corrected chi connectivity index (χ3v) is 2.59. The van der Waals surface area contributed by atoms with Gasteiger partial charge in [0.2, 0.25) is 0 Å². The predicted octanol–water partition coefficient (Wildman–Crippen LogP) is 2.12. The summed E-state index contributed by atoms with van der Waals surface area (Å²) in [5.74, 6) is -0.00352. The van der Waals surface area contributed by atoms with Crippen LogP contribution in [0, 0.1) is 0 Å². The quantitative estimate of drug-likeness (QED) is 0.739. The van der Waals surface area contributed by atoms with Gasteiger partial charge in [-0.15, -0.1) is 0 Å². The highest BCUT2D eigenvalue weighted by Crippen LogP contribution is 2.24. The number of nitrogens with zero attached hydrogens (tertiary/aromatic N) is 1. The molecule has 3 heteroatoms. The molecule has 0 aliphatic carbocycles. The molecule has 0 saturated heterocycles. The summed E-state index contributed by atoms with van der Waals surface area (Å²) in [5, 5.41) is 1.83. The monoisotopic (exact) mass is 214 g/mol. The summed E-state index contributed by atoms with van der Waals surface area (Å²) in [5.41, 5.74) is 7.27. The van der Waals surface area contributed by atoms with E-state index in [0.29, 0.717) is 11.3 Å². The van der Waals surface area contributed by atoms with Crippen molar-refractivity contribution >= 4 is 22.4 Å². The Morgan fingerprint density at radius 1 is 1.06 bits per heavy atom. The number of fused-ring (bicyclic) bond motifs is 1. The van der Waals surface area contributed by atoms with Crippen molar-refractivity contribution in [3.05, 3.63) is 42.0 Å². The van der Waals surface area contributed by atoms with Gasteiger partial charge in [-0.3, -0.25) is 4.79 Å². The van der Waals surface area contributed by atoms with Crippen LogP contribution in [0.4, 0.5) is 5.69 Å². The lowest BCUT2D eigenvalue weighted by Crippen LogP contribution is -2.21. The molecule has 0 fully saturated rings. The lowest BCUT2D eigenvalue weighted by Gasteiger charge is -2.13. The van der Waals surface area contributed by atoms with Crippen molar-refractivity contribution in [2.45, 2.75) is 0 Å². The zero-order valence-electron chi connectivity index (χ0n) is 9.40. The Morgan fingerprint density at radius 2 is 1.69 bits per heavy atom. The van der Waals surface area contributed by atoms with Gasteiger partial charge < -0.3 is 10.6 Å². The Kier molecular flexibility index (Phi) is 2.52. The lowest BCUT2D eigenvalue weighted by atomic mass is 10.0. The molecule has 2 aromatic carbocycles.